The fourth-order valence-corrected chi connectivity index (χ4v) is 2.66. The van der Waals surface area contributed by atoms with Crippen molar-refractivity contribution in [1.82, 2.24) is 10.2 Å². The summed E-state index contributed by atoms with van der Waals surface area (Å²) in [5, 5.41) is 4.81. The predicted octanol–water partition coefficient (Wildman–Crippen LogP) is 2.70. The van der Waals surface area contributed by atoms with Gasteiger partial charge in [-0.05, 0) is 43.3 Å². The van der Waals surface area contributed by atoms with Crippen LogP contribution >= 0.6 is 0 Å². The second kappa shape index (κ2) is 6.45. The summed E-state index contributed by atoms with van der Waals surface area (Å²) in [6.45, 7) is 0.849. The molecule has 0 saturated carbocycles. The van der Waals surface area contributed by atoms with E-state index in [0.717, 1.165) is 24.3 Å². The first-order valence-electron chi connectivity index (χ1n) is 7.76. The van der Waals surface area contributed by atoms with Gasteiger partial charge in [0.2, 0.25) is 5.91 Å². The van der Waals surface area contributed by atoms with Gasteiger partial charge >= 0.3 is 12.2 Å². The van der Waals surface area contributed by atoms with E-state index < -0.39 is 41.7 Å². The van der Waals surface area contributed by atoms with Crippen LogP contribution in [0.1, 0.15) is 18.2 Å². The van der Waals surface area contributed by atoms with Gasteiger partial charge in [0.05, 0.1) is 11.8 Å². The van der Waals surface area contributed by atoms with E-state index in [1.165, 1.54) is 19.3 Å². The van der Waals surface area contributed by atoms with Gasteiger partial charge in [0, 0.05) is 5.69 Å². The quantitative estimate of drug-likeness (QED) is 0.797. The fraction of sp³-hybridized carbons (Fsp3) is 0.235. The van der Waals surface area contributed by atoms with Crippen molar-refractivity contribution < 1.29 is 32.0 Å². The first kappa shape index (κ1) is 18.5. The summed E-state index contributed by atoms with van der Waals surface area (Å²) in [6, 6.07) is 6.10. The average molecular weight is 381 g/mol. The Morgan fingerprint density at radius 3 is 2.44 bits per heavy atom. The lowest BCUT2D eigenvalue weighted by Crippen LogP contribution is -2.41. The van der Waals surface area contributed by atoms with Crippen molar-refractivity contribution in [3.8, 4) is 0 Å². The number of anilines is 1. The number of rotatable bonds is 4. The first-order valence-corrected chi connectivity index (χ1v) is 7.76. The van der Waals surface area contributed by atoms with Crippen LogP contribution in [0.4, 0.5) is 23.7 Å². The zero-order valence-electron chi connectivity index (χ0n) is 14.0. The summed E-state index contributed by atoms with van der Waals surface area (Å²) >= 11 is 0. The normalized spacial score (nSPS) is 19.9. The van der Waals surface area contributed by atoms with Gasteiger partial charge in [0.1, 0.15) is 12.3 Å². The molecule has 2 aromatic rings. The highest BCUT2D eigenvalue weighted by molar-refractivity contribution is 6.10. The van der Waals surface area contributed by atoms with Crippen LogP contribution in [-0.2, 0) is 21.3 Å². The minimum atomic E-state index is -4.49. The van der Waals surface area contributed by atoms with E-state index in [9.17, 15) is 27.6 Å². The standard InChI is InChI=1S/C17H14F3N3O4/c1-16(12-3-2-8-27-12)14(25)23(15(26)22-16)9-13(24)21-11-6-4-10(5-7-11)17(18,19)20/h2-8H,9H2,1H3,(H,21,24)(H,22,26)/t16-/m0/s1. The van der Waals surface area contributed by atoms with E-state index in [-0.39, 0.29) is 11.4 Å². The Morgan fingerprint density at radius 1 is 1.22 bits per heavy atom. The summed E-state index contributed by atoms with van der Waals surface area (Å²) in [5.41, 5.74) is -2.19. The molecule has 0 unspecified atom stereocenters. The molecule has 1 aliphatic heterocycles. The lowest BCUT2D eigenvalue weighted by molar-refractivity contribution is -0.137. The summed E-state index contributed by atoms with van der Waals surface area (Å²) < 4.78 is 42.8. The molecule has 1 aromatic carbocycles. The number of imide groups is 1. The van der Waals surface area contributed by atoms with E-state index in [0.29, 0.717) is 4.90 Å². The Kier molecular flexibility index (Phi) is 4.42. The fourth-order valence-electron chi connectivity index (χ4n) is 2.66. The maximum Gasteiger partial charge on any atom is 0.416 e. The third kappa shape index (κ3) is 3.50. The van der Waals surface area contributed by atoms with Gasteiger partial charge in [0.15, 0.2) is 5.54 Å². The minimum Gasteiger partial charge on any atom is -0.466 e. The van der Waals surface area contributed by atoms with Crippen LogP contribution in [0.15, 0.2) is 47.1 Å². The maximum absolute atomic E-state index is 12.6. The molecule has 0 aliphatic carbocycles. The zero-order chi connectivity index (χ0) is 19.8. The number of halogens is 3. The number of benzene rings is 1. The molecule has 1 saturated heterocycles. The summed E-state index contributed by atoms with van der Waals surface area (Å²) in [4.78, 5) is 37.5. The number of carbonyl (C=O) groups is 3. The third-order valence-electron chi connectivity index (χ3n) is 4.09. The molecule has 1 fully saturated rings. The van der Waals surface area contributed by atoms with Crippen molar-refractivity contribution in [2.45, 2.75) is 18.6 Å². The van der Waals surface area contributed by atoms with Gasteiger partial charge < -0.3 is 15.1 Å². The molecule has 4 amide bonds. The number of amides is 4. The van der Waals surface area contributed by atoms with Gasteiger partial charge in [-0.25, -0.2) is 4.79 Å². The van der Waals surface area contributed by atoms with Crippen LogP contribution < -0.4 is 10.6 Å². The predicted molar refractivity (Wildman–Crippen MR) is 86.4 cm³/mol. The molecular formula is C17H14F3N3O4. The van der Waals surface area contributed by atoms with E-state index in [2.05, 4.69) is 10.6 Å². The Morgan fingerprint density at radius 2 is 1.89 bits per heavy atom. The second-order valence-corrected chi connectivity index (χ2v) is 6.05. The van der Waals surface area contributed by atoms with Crippen molar-refractivity contribution in [3.63, 3.8) is 0 Å². The van der Waals surface area contributed by atoms with Crippen molar-refractivity contribution in [3.05, 3.63) is 54.0 Å². The molecular weight excluding hydrogens is 367 g/mol. The molecule has 10 heteroatoms. The van der Waals surface area contributed by atoms with Crippen molar-refractivity contribution in [2.75, 3.05) is 11.9 Å². The van der Waals surface area contributed by atoms with Gasteiger partial charge in [-0.15, -0.1) is 0 Å². The van der Waals surface area contributed by atoms with Crippen LogP contribution in [0.2, 0.25) is 0 Å². The molecule has 0 spiro atoms. The van der Waals surface area contributed by atoms with E-state index >= 15 is 0 Å². The first-order chi connectivity index (χ1) is 12.6. The van der Waals surface area contributed by atoms with Crippen molar-refractivity contribution in [1.29, 1.82) is 0 Å². The van der Waals surface area contributed by atoms with Crippen LogP contribution in [0.3, 0.4) is 0 Å². The van der Waals surface area contributed by atoms with Crippen molar-refractivity contribution >= 4 is 23.5 Å². The molecule has 0 bridgehead atoms. The number of alkyl halides is 3. The Bertz CT molecular complexity index is 878. The second-order valence-electron chi connectivity index (χ2n) is 6.05. The molecule has 2 heterocycles. The molecule has 0 radical (unpaired) electrons. The molecule has 1 aromatic heterocycles. The van der Waals surface area contributed by atoms with Crippen LogP contribution in [0.5, 0.6) is 0 Å². The van der Waals surface area contributed by atoms with Gasteiger partial charge in [-0.1, -0.05) is 0 Å². The lowest BCUT2D eigenvalue weighted by atomic mass is 9.99. The largest absolute Gasteiger partial charge is 0.466 e. The van der Waals surface area contributed by atoms with E-state index in [1.54, 1.807) is 6.07 Å². The van der Waals surface area contributed by atoms with Gasteiger partial charge in [-0.2, -0.15) is 13.2 Å². The summed E-state index contributed by atoms with van der Waals surface area (Å²) in [6.07, 6.45) is -3.14. The molecule has 1 atom stereocenters. The minimum absolute atomic E-state index is 0.105. The highest BCUT2D eigenvalue weighted by Crippen LogP contribution is 2.30. The van der Waals surface area contributed by atoms with Gasteiger partial charge in [0.25, 0.3) is 5.91 Å². The number of hydrogen-bond acceptors (Lipinski definition) is 4. The number of urea groups is 1. The number of nitrogens with one attached hydrogen (secondary N) is 2. The molecule has 1 aliphatic rings. The number of carbonyl (C=O) groups excluding carboxylic acids is 3. The Hall–Kier alpha value is -3.30. The Balaban J connectivity index is 1.67. The lowest BCUT2D eigenvalue weighted by Gasteiger charge is -2.18. The molecule has 27 heavy (non-hydrogen) atoms. The average Bonchev–Trinajstić information content (AvgIpc) is 3.19. The zero-order valence-corrected chi connectivity index (χ0v) is 14.0. The topological polar surface area (TPSA) is 91.7 Å². The molecule has 3 rings (SSSR count). The number of hydrogen-bond donors (Lipinski definition) is 2. The number of nitrogens with zero attached hydrogens (tertiary/aromatic N) is 1. The Labute approximate surface area is 151 Å². The highest BCUT2D eigenvalue weighted by atomic mass is 19.4. The smallest absolute Gasteiger partial charge is 0.416 e. The molecule has 7 nitrogen and oxygen atoms in total. The van der Waals surface area contributed by atoms with E-state index in [1.807, 2.05) is 0 Å². The third-order valence-corrected chi connectivity index (χ3v) is 4.09. The molecule has 2 N–H and O–H groups in total. The molecule has 142 valence electrons. The van der Waals surface area contributed by atoms with Gasteiger partial charge in [-0.3, -0.25) is 14.5 Å². The monoisotopic (exact) mass is 381 g/mol. The number of furan rings is 1. The van der Waals surface area contributed by atoms with Crippen molar-refractivity contribution in [2.24, 2.45) is 0 Å². The SMILES string of the molecule is C[C@@]1(c2ccco2)NC(=O)N(CC(=O)Nc2ccc(C(F)(F)F)cc2)C1=O. The highest BCUT2D eigenvalue weighted by Gasteiger charge is 2.51. The van der Waals surface area contributed by atoms with Crippen LogP contribution in [-0.4, -0.2) is 29.3 Å². The summed E-state index contributed by atoms with van der Waals surface area (Å²) in [5.74, 6) is -1.20. The van der Waals surface area contributed by atoms with E-state index in [4.69, 9.17) is 4.42 Å². The van der Waals surface area contributed by atoms with Crippen LogP contribution in [0.25, 0.3) is 0 Å². The maximum atomic E-state index is 12.6. The summed E-state index contributed by atoms with van der Waals surface area (Å²) in [7, 11) is 0. The van der Waals surface area contributed by atoms with Crippen LogP contribution in [0, 0.1) is 0 Å².